The van der Waals surface area contributed by atoms with Gasteiger partial charge in [-0.2, -0.15) is 0 Å². The molecule has 2 aromatic heterocycles. The largest absolute Gasteiger partial charge is 0.419 e. The number of hydrogen-bond donors (Lipinski definition) is 0. The van der Waals surface area contributed by atoms with E-state index in [0.29, 0.717) is 22.9 Å². The molecule has 1 atom stereocenters. The average molecular weight is 378 g/mol. The molecule has 4 rings (SSSR count). The Morgan fingerprint density at radius 2 is 1.52 bits per heavy atom. The van der Waals surface area contributed by atoms with Crippen molar-refractivity contribution in [3.8, 4) is 22.9 Å². The summed E-state index contributed by atoms with van der Waals surface area (Å²) in [5.74, 6) is 1.52. The summed E-state index contributed by atoms with van der Waals surface area (Å²) >= 11 is 1.39. The van der Waals surface area contributed by atoms with Crippen LogP contribution in [0.2, 0.25) is 0 Å². The number of hydrogen-bond acceptors (Lipinski definition) is 7. The Kier molecular flexibility index (Phi) is 4.77. The van der Waals surface area contributed by atoms with E-state index in [1.54, 1.807) is 0 Å². The zero-order valence-corrected chi connectivity index (χ0v) is 16.0. The van der Waals surface area contributed by atoms with E-state index in [9.17, 15) is 0 Å². The Balaban J connectivity index is 1.49. The van der Waals surface area contributed by atoms with Crippen molar-refractivity contribution in [2.75, 3.05) is 0 Å². The molecule has 0 aliphatic heterocycles. The van der Waals surface area contributed by atoms with Crippen LogP contribution in [-0.4, -0.2) is 20.4 Å². The predicted octanol–water partition coefficient (Wildman–Crippen LogP) is 5.26. The lowest BCUT2D eigenvalue weighted by atomic mass is 10.1. The lowest BCUT2D eigenvalue weighted by Gasteiger charge is -2.02. The van der Waals surface area contributed by atoms with Crippen molar-refractivity contribution in [2.24, 2.45) is 0 Å². The van der Waals surface area contributed by atoms with Crippen LogP contribution in [0.25, 0.3) is 22.9 Å². The van der Waals surface area contributed by atoms with Gasteiger partial charge in [-0.15, -0.1) is 20.4 Å². The quantitative estimate of drug-likeness (QED) is 0.438. The summed E-state index contributed by atoms with van der Waals surface area (Å²) in [4.78, 5) is 0. The highest BCUT2D eigenvalue weighted by Gasteiger charge is 2.20. The SMILES string of the molecule is Cc1ccc(-c2nnc(S[C@H](C)c3nnc(-c4ccccc4)o3)o2)cc1C. The van der Waals surface area contributed by atoms with E-state index >= 15 is 0 Å². The molecule has 0 radical (unpaired) electrons. The highest BCUT2D eigenvalue weighted by molar-refractivity contribution is 7.99. The van der Waals surface area contributed by atoms with Crippen LogP contribution >= 0.6 is 11.8 Å². The molecule has 6 nitrogen and oxygen atoms in total. The maximum atomic E-state index is 5.80. The minimum absolute atomic E-state index is 0.108. The molecule has 0 saturated carbocycles. The van der Waals surface area contributed by atoms with E-state index in [1.165, 1.54) is 22.9 Å². The highest BCUT2D eigenvalue weighted by atomic mass is 32.2. The molecule has 0 unspecified atom stereocenters. The Morgan fingerprint density at radius 1 is 0.778 bits per heavy atom. The van der Waals surface area contributed by atoms with Gasteiger partial charge in [0.15, 0.2) is 0 Å². The molecule has 2 heterocycles. The van der Waals surface area contributed by atoms with Crippen molar-refractivity contribution in [1.82, 2.24) is 20.4 Å². The normalized spacial score (nSPS) is 12.3. The van der Waals surface area contributed by atoms with Crippen molar-refractivity contribution in [3.63, 3.8) is 0 Å². The van der Waals surface area contributed by atoms with Gasteiger partial charge in [-0.25, -0.2) is 0 Å². The zero-order valence-electron chi connectivity index (χ0n) is 15.2. The van der Waals surface area contributed by atoms with E-state index in [0.717, 1.165) is 11.1 Å². The molecule has 0 amide bonds. The molecule has 4 aromatic rings. The highest BCUT2D eigenvalue weighted by Crippen LogP contribution is 2.35. The van der Waals surface area contributed by atoms with E-state index in [1.807, 2.05) is 55.5 Å². The third kappa shape index (κ3) is 3.78. The number of benzene rings is 2. The molecule has 0 spiro atoms. The van der Waals surface area contributed by atoms with Crippen LogP contribution in [-0.2, 0) is 0 Å². The molecular weight excluding hydrogens is 360 g/mol. The van der Waals surface area contributed by atoms with Crippen LogP contribution in [0.5, 0.6) is 0 Å². The van der Waals surface area contributed by atoms with Gasteiger partial charge in [0.05, 0.1) is 5.25 Å². The summed E-state index contributed by atoms with van der Waals surface area (Å²) in [7, 11) is 0. The lowest BCUT2D eigenvalue weighted by Crippen LogP contribution is -1.88. The van der Waals surface area contributed by atoms with E-state index in [2.05, 4.69) is 34.2 Å². The van der Waals surface area contributed by atoms with Gasteiger partial charge in [0.25, 0.3) is 5.22 Å². The standard InChI is InChI=1S/C20H18N4O2S/c1-12-9-10-16(11-13(12)2)19-23-24-20(26-19)27-14(3)17-21-22-18(25-17)15-7-5-4-6-8-15/h4-11,14H,1-3H3/t14-/m1/s1. The Morgan fingerprint density at radius 3 is 2.30 bits per heavy atom. The summed E-state index contributed by atoms with van der Waals surface area (Å²) < 4.78 is 11.6. The monoisotopic (exact) mass is 378 g/mol. The van der Waals surface area contributed by atoms with Crippen LogP contribution < -0.4 is 0 Å². The number of nitrogens with zero attached hydrogens (tertiary/aromatic N) is 4. The third-order valence-electron chi connectivity index (χ3n) is 4.25. The fraction of sp³-hybridized carbons (Fsp3) is 0.200. The van der Waals surface area contributed by atoms with Crippen molar-refractivity contribution in [2.45, 2.75) is 31.2 Å². The summed E-state index contributed by atoms with van der Waals surface area (Å²) in [6.07, 6.45) is 0. The first kappa shape index (κ1) is 17.5. The first-order valence-corrected chi connectivity index (χ1v) is 9.45. The fourth-order valence-corrected chi connectivity index (χ4v) is 3.26. The van der Waals surface area contributed by atoms with Gasteiger partial charge in [0.2, 0.25) is 17.7 Å². The smallest absolute Gasteiger partial charge is 0.277 e. The molecule has 7 heteroatoms. The molecule has 0 aliphatic rings. The average Bonchev–Trinajstić information content (AvgIpc) is 3.34. The maximum Gasteiger partial charge on any atom is 0.277 e. The maximum absolute atomic E-state index is 5.80. The molecule has 0 aliphatic carbocycles. The first-order chi connectivity index (χ1) is 13.1. The molecule has 2 aromatic carbocycles. The molecule has 27 heavy (non-hydrogen) atoms. The van der Waals surface area contributed by atoms with E-state index in [4.69, 9.17) is 8.83 Å². The van der Waals surface area contributed by atoms with Gasteiger partial charge < -0.3 is 8.83 Å². The van der Waals surface area contributed by atoms with Gasteiger partial charge in [-0.05, 0) is 56.2 Å². The summed E-state index contributed by atoms with van der Waals surface area (Å²) in [5, 5.41) is 16.9. The Hall–Kier alpha value is -2.93. The number of thioether (sulfide) groups is 1. The second-order valence-corrected chi connectivity index (χ2v) is 7.54. The third-order valence-corrected chi connectivity index (χ3v) is 5.17. The zero-order chi connectivity index (χ0) is 18.8. The van der Waals surface area contributed by atoms with Crippen molar-refractivity contribution >= 4 is 11.8 Å². The van der Waals surface area contributed by atoms with Crippen LogP contribution in [0.4, 0.5) is 0 Å². The van der Waals surface area contributed by atoms with Gasteiger partial charge in [-0.1, -0.05) is 36.0 Å². The van der Waals surface area contributed by atoms with Crippen LogP contribution in [0.15, 0.2) is 62.6 Å². The van der Waals surface area contributed by atoms with Gasteiger partial charge >= 0.3 is 0 Å². The summed E-state index contributed by atoms with van der Waals surface area (Å²) in [6.45, 7) is 6.10. The van der Waals surface area contributed by atoms with Gasteiger partial charge in [0.1, 0.15) is 0 Å². The number of aromatic nitrogens is 4. The Labute approximate surface area is 161 Å². The van der Waals surface area contributed by atoms with Crippen LogP contribution in [0, 0.1) is 13.8 Å². The molecule has 0 bridgehead atoms. The fourth-order valence-electron chi connectivity index (χ4n) is 2.55. The summed E-state index contributed by atoms with van der Waals surface area (Å²) in [6, 6.07) is 15.8. The first-order valence-electron chi connectivity index (χ1n) is 8.57. The predicted molar refractivity (Wildman–Crippen MR) is 103 cm³/mol. The minimum Gasteiger partial charge on any atom is -0.419 e. The summed E-state index contributed by atoms with van der Waals surface area (Å²) in [5.41, 5.74) is 4.22. The second-order valence-electron chi connectivity index (χ2n) is 6.24. The Bertz CT molecular complexity index is 1060. The van der Waals surface area contributed by atoms with Gasteiger partial charge in [0, 0.05) is 11.1 Å². The number of rotatable bonds is 5. The molecule has 0 N–H and O–H groups in total. The van der Waals surface area contributed by atoms with Crippen molar-refractivity contribution < 1.29 is 8.83 Å². The van der Waals surface area contributed by atoms with Crippen LogP contribution in [0.3, 0.4) is 0 Å². The minimum atomic E-state index is -0.108. The topological polar surface area (TPSA) is 77.8 Å². The molecular formula is C20H18N4O2S. The van der Waals surface area contributed by atoms with Crippen molar-refractivity contribution in [3.05, 3.63) is 65.5 Å². The van der Waals surface area contributed by atoms with E-state index < -0.39 is 0 Å². The van der Waals surface area contributed by atoms with Crippen LogP contribution in [0.1, 0.15) is 29.2 Å². The molecule has 0 saturated heterocycles. The lowest BCUT2D eigenvalue weighted by molar-refractivity contribution is 0.461. The second kappa shape index (κ2) is 7.36. The number of aryl methyl sites for hydroxylation is 2. The molecule has 136 valence electrons. The van der Waals surface area contributed by atoms with Gasteiger partial charge in [-0.3, -0.25) is 0 Å². The van der Waals surface area contributed by atoms with Crippen molar-refractivity contribution in [1.29, 1.82) is 0 Å². The molecule has 0 fully saturated rings. The van der Waals surface area contributed by atoms with E-state index in [-0.39, 0.29) is 5.25 Å².